The molecule has 2 heterocycles. The van der Waals surface area contributed by atoms with E-state index in [4.69, 9.17) is 16.7 Å². The molecule has 0 aliphatic carbocycles. The predicted octanol–water partition coefficient (Wildman–Crippen LogP) is 2.37. The first kappa shape index (κ1) is 9.67. The standard InChI is InChI=1S/C9H6ClN3O2/c10-8-2-1-6-7(13-8)3-5(4-11-6)12-9(14)15/h1-4,12H,(H,14,15). The molecule has 0 radical (unpaired) electrons. The number of nitrogens with one attached hydrogen (secondary N) is 1. The number of aromatic nitrogens is 2. The molecule has 6 heteroatoms. The summed E-state index contributed by atoms with van der Waals surface area (Å²) in [5.41, 5.74) is 1.58. The topological polar surface area (TPSA) is 75.1 Å². The van der Waals surface area contributed by atoms with Gasteiger partial charge < -0.3 is 5.11 Å². The molecule has 2 rings (SSSR count). The first-order valence-electron chi connectivity index (χ1n) is 4.07. The number of fused-ring (bicyclic) bond motifs is 1. The second kappa shape index (κ2) is 3.70. The van der Waals surface area contributed by atoms with E-state index in [0.29, 0.717) is 21.9 Å². The van der Waals surface area contributed by atoms with E-state index in [2.05, 4.69) is 15.3 Å². The van der Waals surface area contributed by atoms with Crippen LogP contribution in [-0.4, -0.2) is 21.2 Å². The third kappa shape index (κ3) is 2.13. The van der Waals surface area contributed by atoms with Gasteiger partial charge in [0.15, 0.2) is 0 Å². The van der Waals surface area contributed by atoms with Gasteiger partial charge in [-0.2, -0.15) is 0 Å². The second-order valence-electron chi connectivity index (χ2n) is 2.83. The highest BCUT2D eigenvalue weighted by atomic mass is 35.5. The van der Waals surface area contributed by atoms with Crippen molar-refractivity contribution in [3.63, 3.8) is 0 Å². The normalized spacial score (nSPS) is 10.2. The van der Waals surface area contributed by atoms with Crippen molar-refractivity contribution in [2.45, 2.75) is 0 Å². The molecule has 0 unspecified atom stereocenters. The lowest BCUT2D eigenvalue weighted by molar-refractivity contribution is 0.209. The molecule has 0 saturated heterocycles. The molecule has 1 amide bonds. The zero-order valence-corrected chi connectivity index (χ0v) is 8.19. The van der Waals surface area contributed by atoms with Crippen molar-refractivity contribution in [1.29, 1.82) is 0 Å². The summed E-state index contributed by atoms with van der Waals surface area (Å²) in [5.74, 6) is 0. The second-order valence-corrected chi connectivity index (χ2v) is 3.21. The lowest BCUT2D eigenvalue weighted by atomic mass is 10.3. The molecule has 2 aromatic rings. The molecule has 0 bridgehead atoms. The lowest BCUT2D eigenvalue weighted by Crippen LogP contribution is -2.07. The zero-order valence-electron chi connectivity index (χ0n) is 7.44. The molecular formula is C9H6ClN3O2. The van der Waals surface area contributed by atoms with Crippen LogP contribution in [0.1, 0.15) is 0 Å². The smallest absolute Gasteiger partial charge is 0.409 e. The third-order valence-electron chi connectivity index (χ3n) is 1.75. The molecule has 0 aromatic carbocycles. The molecule has 2 aromatic heterocycles. The van der Waals surface area contributed by atoms with Gasteiger partial charge in [0.1, 0.15) is 5.15 Å². The minimum absolute atomic E-state index is 0.344. The zero-order chi connectivity index (χ0) is 10.8. The van der Waals surface area contributed by atoms with Gasteiger partial charge in [-0.1, -0.05) is 11.6 Å². The molecular weight excluding hydrogens is 218 g/mol. The van der Waals surface area contributed by atoms with Crippen molar-refractivity contribution >= 4 is 34.4 Å². The highest BCUT2D eigenvalue weighted by Crippen LogP contribution is 2.16. The Morgan fingerprint density at radius 2 is 2.20 bits per heavy atom. The number of halogens is 1. The summed E-state index contributed by atoms with van der Waals surface area (Å²) in [7, 11) is 0. The molecule has 2 N–H and O–H groups in total. The van der Waals surface area contributed by atoms with E-state index in [9.17, 15) is 4.79 Å². The third-order valence-corrected chi connectivity index (χ3v) is 1.97. The summed E-state index contributed by atoms with van der Waals surface area (Å²) in [5, 5.41) is 11.0. The Hall–Kier alpha value is -1.88. The fraction of sp³-hybridized carbons (Fsp3) is 0. The summed E-state index contributed by atoms with van der Waals surface area (Å²) in [6.45, 7) is 0. The molecule has 76 valence electrons. The number of nitrogens with zero attached hydrogens (tertiary/aromatic N) is 2. The van der Waals surface area contributed by atoms with Crippen LogP contribution in [0.15, 0.2) is 24.4 Å². The number of hydrogen-bond donors (Lipinski definition) is 2. The Morgan fingerprint density at radius 1 is 1.40 bits per heavy atom. The van der Waals surface area contributed by atoms with Crippen LogP contribution in [0.4, 0.5) is 10.5 Å². The molecule has 0 aliphatic rings. The number of hydrogen-bond acceptors (Lipinski definition) is 3. The van der Waals surface area contributed by atoms with E-state index in [-0.39, 0.29) is 0 Å². The monoisotopic (exact) mass is 223 g/mol. The van der Waals surface area contributed by atoms with Crippen LogP contribution in [0.2, 0.25) is 5.15 Å². The summed E-state index contributed by atoms with van der Waals surface area (Å²) in [6, 6.07) is 4.92. The Morgan fingerprint density at radius 3 is 2.93 bits per heavy atom. The highest BCUT2D eigenvalue weighted by Gasteiger charge is 2.02. The molecule has 0 atom stereocenters. The molecule has 0 spiro atoms. The predicted molar refractivity (Wildman–Crippen MR) is 56.2 cm³/mol. The van der Waals surface area contributed by atoms with Gasteiger partial charge in [0, 0.05) is 0 Å². The SMILES string of the molecule is O=C(O)Nc1cnc2ccc(Cl)nc2c1. The lowest BCUT2D eigenvalue weighted by Gasteiger charge is -2.01. The number of amides is 1. The van der Waals surface area contributed by atoms with E-state index in [1.807, 2.05) is 0 Å². The van der Waals surface area contributed by atoms with Crippen molar-refractivity contribution in [3.05, 3.63) is 29.5 Å². The molecule has 15 heavy (non-hydrogen) atoms. The minimum atomic E-state index is -1.14. The Labute approximate surface area is 89.7 Å². The minimum Gasteiger partial charge on any atom is -0.465 e. The van der Waals surface area contributed by atoms with Crippen LogP contribution in [0.5, 0.6) is 0 Å². The van der Waals surface area contributed by atoms with Gasteiger partial charge in [-0.25, -0.2) is 9.78 Å². The van der Waals surface area contributed by atoms with Gasteiger partial charge in [-0.3, -0.25) is 10.3 Å². The average molecular weight is 224 g/mol. The van der Waals surface area contributed by atoms with Crippen LogP contribution >= 0.6 is 11.6 Å². The van der Waals surface area contributed by atoms with Crippen LogP contribution in [-0.2, 0) is 0 Å². The van der Waals surface area contributed by atoms with Gasteiger partial charge >= 0.3 is 6.09 Å². The van der Waals surface area contributed by atoms with Gasteiger partial charge in [0.05, 0.1) is 22.9 Å². The molecule has 0 aliphatic heterocycles. The maximum atomic E-state index is 10.4. The Balaban J connectivity index is 2.49. The number of carbonyl (C=O) groups is 1. The van der Waals surface area contributed by atoms with E-state index >= 15 is 0 Å². The van der Waals surface area contributed by atoms with Crippen molar-refractivity contribution in [1.82, 2.24) is 9.97 Å². The van der Waals surface area contributed by atoms with E-state index in [1.54, 1.807) is 18.2 Å². The van der Waals surface area contributed by atoms with E-state index in [1.165, 1.54) is 6.20 Å². The first-order valence-corrected chi connectivity index (χ1v) is 4.45. The van der Waals surface area contributed by atoms with Crippen molar-refractivity contribution in [2.75, 3.05) is 5.32 Å². The fourth-order valence-corrected chi connectivity index (χ4v) is 1.33. The summed E-state index contributed by atoms with van der Waals surface area (Å²) in [6.07, 6.45) is 0.282. The van der Waals surface area contributed by atoms with Gasteiger partial charge in [0.2, 0.25) is 0 Å². The molecule has 0 saturated carbocycles. The molecule has 0 fully saturated rings. The van der Waals surface area contributed by atoms with Gasteiger partial charge in [-0.15, -0.1) is 0 Å². The summed E-state index contributed by atoms with van der Waals surface area (Å²) < 4.78 is 0. The van der Waals surface area contributed by atoms with Crippen LogP contribution in [0, 0.1) is 0 Å². The van der Waals surface area contributed by atoms with Crippen LogP contribution in [0.25, 0.3) is 11.0 Å². The molecule has 5 nitrogen and oxygen atoms in total. The fourth-order valence-electron chi connectivity index (χ4n) is 1.17. The van der Waals surface area contributed by atoms with E-state index in [0.717, 1.165) is 0 Å². The van der Waals surface area contributed by atoms with E-state index < -0.39 is 6.09 Å². The summed E-state index contributed by atoms with van der Waals surface area (Å²) in [4.78, 5) is 18.4. The average Bonchev–Trinajstić information content (AvgIpc) is 2.16. The van der Waals surface area contributed by atoms with Crippen molar-refractivity contribution in [2.24, 2.45) is 0 Å². The largest absolute Gasteiger partial charge is 0.465 e. The van der Waals surface area contributed by atoms with Gasteiger partial charge in [0.25, 0.3) is 0 Å². The van der Waals surface area contributed by atoms with Crippen LogP contribution in [0.3, 0.4) is 0 Å². The summed E-state index contributed by atoms with van der Waals surface area (Å²) >= 11 is 5.70. The maximum Gasteiger partial charge on any atom is 0.409 e. The quantitative estimate of drug-likeness (QED) is 0.728. The number of pyridine rings is 2. The van der Waals surface area contributed by atoms with Crippen molar-refractivity contribution in [3.8, 4) is 0 Å². The number of carboxylic acid groups (broad SMARTS) is 1. The first-order chi connectivity index (χ1) is 7.15. The van der Waals surface area contributed by atoms with Gasteiger partial charge in [-0.05, 0) is 18.2 Å². The number of anilines is 1. The highest BCUT2D eigenvalue weighted by molar-refractivity contribution is 6.29. The van der Waals surface area contributed by atoms with Crippen LogP contribution < -0.4 is 5.32 Å². The maximum absolute atomic E-state index is 10.4. The number of rotatable bonds is 1. The Kier molecular flexibility index (Phi) is 2.39. The van der Waals surface area contributed by atoms with Crippen molar-refractivity contribution < 1.29 is 9.90 Å². The Bertz CT molecular complexity index is 530.